The minimum absolute atomic E-state index is 1.43. The van der Waals surface area contributed by atoms with Gasteiger partial charge >= 0.3 is 0 Å². The summed E-state index contributed by atoms with van der Waals surface area (Å²) in [5.74, 6) is -5.02. The summed E-state index contributed by atoms with van der Waals surface area (Å²) in [6, 6.07) is 0. The second-order valence-corrected chi connectivity index (χ2v) is 1.59. The van der Waals surface area contributed by atoms with Crippen molar-refractivity contribution in [3.05, 3.63) is 23.3 Å². The van der Waals surface area contributed by atoms with Gasteiger partial charge in [0.05, 0.1) is 0 Å². The van der Waals surface area contributed by atoms with Gasteiger partial charge < -0.3 is 0 Å². The molecular formula is C5F4O. The molecule has 0 bridgehead atoms. The number of carbonyl (C=O) groups is 1. The lowest BCUT2D eigenvalue weighted by atomic mass is 9.99. The molecule has 0 aromatic rings. The third-order valence-electron chi connectivity index (χ3n) is 1.03. The number of allylic oxidation sites excluding steroid dienone is 3. The van der Waals surface area contributed by atoms with Crippen LogP contribution in [0, 0.1) is 0 Å². The third-order valence-corrected chi connectivity index (χ3v) is 1.03. The molecule has 0 N–H and O–H groups in total. The highest BCUT2D eigenvalue weighted by Crippen LogP contribution is 2.35. The summed E-state index contributed by atoms with van der Waals surface area (Å²) < 4.78 is 46.3. The molecule has 0 heterocycles. The zero-order valence-electron chi connectivity index (χ0n) is 4.42. The third kappa shape index (κ3) is 0.665. The maximum Gasteiger partial charge on any atom is 0.284 e. The number of halogens is 4. The molecule has 10 heavy (non-hydrogen) atoms. The van der Waals surface area contributed by atoms with E-state index in [1.54, 1.807) is 0 Å². The Morgan fingerprint density at radius 1 is 1.10 bits per heavy atom. The lowest BCUT2D eigenvalue weighted by Crippen LogP contribution is -2.17. The number of ketones is 1. The quantitative estimate of drug-likeness (QED) is 0.382. The van der Waals surface area contributed by atoms with Crippen molar-refractivity contribution in [1.82, 2.24) is 0 Å². The second-order valence-electron chi connectivity index (χ2n) is 1.59. The van der Waals surface area contributed by atoms with Crippen LogP contribution in [0.1, 0.15) is 0 Å². The summed E-state index contributed by atoms with van der Waals surface area (Å²) in [5, 5.41) is 0. The first-order valence-corrected chi connectivity index (χ1v) is 2.21. The fourth-order valence-electron chi connectivity index (χ4n) is 0.525. The molecular weight excluding hydrogens is 152 g/mol. The Bertz CT molecular complexity index is 259. The molecule has 0 atom stereocenters. The van der Waals surface area contributed by atoms with E-state index in [4.69, 9.17) is 0 Å². The van der Waals surface area contributed by atoms with Crippen molar-refractivity contribution >= 4 is 5.78 Å². The molecule has 0 radical (unpaired) electrons. The van der Waals surface area contributed by atoms with Crippen LogP contribution in [0.5, 0.6) is 0 Å². The average molecular weight is 152 g/mol. The molecule has 0 fully saturated rings. The number of hydrogen-bond donors (Lipinski definition) is 0. The minimum atomic E-state index is -2.48. The van der Waals surface area contributed by atoms with Crippen molar-refractivity contribution < 1.29 is 22.4 Å². The summed E-state index contributed by atoms with van der Waals surface area (Å²) in [7, 11) is 0. The van der Waals surface area contributed by atoms with Gasteiger partial charge in [-0.3, -0.25) is 4.79 Å². The average Bonchev–Trinajstić information content (AvgIpc) is 1.87. The molecule has 5 heteroatoms. The molecule has 0 saturated carbocycles. The molecule has 1 aliphatic rings. The van der Waals surface area contributed by atoms with Gasteiger partial charge in [0.2, 0.25) is 11.6 Å². The van der Waals surface area contributed by atoms with E-state index in [1.165, 1.54) is 0 Å². The maximum absolute atomic E-state index is 11.8. The van der Waals surface area contributed by atoms with E-state index in [2.05, 4.69) is 0 Å². The van der Waals surface area contributed by atoms with Crippen LogP contribution in [0.25, 0.3) is 0 Å². The zero-order valence-corrected chi connectivity index (χ0v) is 4.42. The molecule has 0 aromatic carbocycles. The molecule has 1 aliphatic carbocycles. The number of hydrogen-bond acceptors (Lipinski definition) is 1. The van der Waals surface area contributed by atoms with Crippen LogP contribution in [0.15, 0.2) is 23.3 Å². The standard InChI is InChI=1S/C5F4O/c6-2-1(5(8)9)4(10)3(2)7. The van der Waals surface area contributed by atoms with E-state index in [0.717, 1.165) is 0 Å². The Labute approximate surface area is 52.6 Å². The summed E-state index contributed by atoms with van der Waals surface area (Å²) >= 11 is 0. The van der Waals surface area contributed by atoms with Gasteiger partial charge in [-0.2, -0.15) is 13.2 Å². The van der Waals surface area contributed by atoms with Gasteiger partial charge in [0, 0.05) is 0 Å². The van der Waals surface area contributed by atoms with E-state index in [0.29, 0.717) is 0 Å². The Hall–Kier alpha value is -1.13. The van der Waals surface area contributed by atoms with Crippen molar-refractivity contribution in [3.63, 3.8) is 0 Å². The van der Waals surface area contributed by atoms with Gasteiger partial charge in [0.15, 0.2) is 5.83 Å². The van der Waals surface area contributed by atoms with Crippen LogP contribution in [-0.2, 0) is 4.79 Å². The van der Waals surface area contributed by atoms with Crippen LogP contribution in [-0.4, -0.2) is 5.78 Å². The number of carbonyl (C=O) groups excluding carboxylic acids is 1. The highest BCUT2D eigenvalue weighted by molar-refractivity contribution is 6.17. The van der Waals surface area contributed by atoms with Crippen molar-refractivity contribution in [2.75, 3.05) is 0 Å². The van der Waals surface area contributed by atoms with Crippen LogP contribution >= 0.6 is 0 Å². The molecule has 0 aromatic heterocycles. The predicted molar refractivity (Wildman–Crippen MR) is 23.5 cm³/mol. The number of rotatable bonds is 0. The van der Waals surface area contributed by atoms with Crippen LogP contribution in [0.2, 0.25) is 0 Å². The fourth-order valence-corrected chi connectivity index (χ4v) is 0.525. The fraction of sp³-hybridized carbons (Fsp3) is 0. The Balaban J connectivity index is 3.15. The van der Waals surface area contributed by atoms with Crippen LogP contribution in [0.3, 0.4) is 0 Å². The first-order chi connectivity index (χ1) is 4.55. The van der Waals surface area contributed by atoms with Gasteiger partial charge in [-0.25, -0.2) is 4.39 Å². The Kier molecular flexibility index (Phi) is 1.35. The van der Waals surface area contributed by atoms with Crippen LogP contribution in [0.4, 0.5) is 17.6 Å². The smallest absolute Gasteiger partial charge is 0.284 e. The van der Waals surface area contributed by atoms with E-state index in [9.17, 15) is 22.4 Å². The van der Waals surface area contributed by atoms with Gasteiger partial charge in [-0.05, 0) is 0 Å². The molecule has 0 saturated heterocycles. The Morgan fingerprint density at radius 3 is 1.80 bits per heavy atom. The summed E-state index contributed by atoms with van der Waals surface area (Å²) in [6.07, 6.45) is -2.48. The minimum Gasteiger partial charge on any atom is -0.286 e. The first kappa shape index (κ1) is 6.98. The SMILES string of the molecule is O=C1C(F)=C(F)C1=C(F)F. The summed E-state index contributed by atoms with van der Waals surface area (Å²) in [4.78, 5) is 10.0. The van der Waals surface area contributed by atoms with E-state index in [-0.39, 0.29) is 0 Å². The Morgan fingerprint density at radius 2 is 1.60 bits per heavy atom. The summed E-state index contributed by atoms with van der Waals surface area (Å²) in [5.41, 5.74) is -1.43. The molecule has 0 aliphatic heterocycles. The zero-order chi connectivity index (χ0) is 7.89. The topological polar surface area (TPSA) is 17.1 Å². The van der Waals surface area contributed by atoms with Crippen molar-refractivity contribution in [1.29, 1.82) is 0 Å². The lowest BCUT2D eigenvalue weighted by Gasteiger charge is -2.09. The van der Waals surface area contributed by atoms with E-state index < -0.39 is 29.1 Å². The highest BCUT2D eigenvalue weighted by atomic mass is 19.3. The van der Waals surface area contributed by atoms with Crippen molar-refractivity contribution in [2.24, 2.45) is 0 Å². The normalized spacial score (nSPS) is 17.6. The van der Waals surface area contributed by atoms with Crippen molar-refractivity contribution in [2.45, 2.75) is 0 Å². The van der Waals surface area contributed by atoms with E-state index in [1.807, 2.05) is 0 Å². The summed E-state index contributed by atoms with van der Waals surface area (Å²) in [6.45, 7) is 0. The molecule has 54 valence electrons. The molecule has 1 nitrogen and oxygen atoms in total. The van der Waals surface area contributed by atoms with Crippen LogP contribution < -0.4 is 0 Å². The largest absolute Gasteiger partial charge is 0.286 e. The monoisotopic (exact) mass is 152 g/mol. The maximum atomic E-state index is 11.8. The molecule has 0 spiro atoms. The molecule has 1 rings (SSSR count). The highest BCUT2D eigenvalue weighted by Gasteiger charge is 2.38. The van der Waals surface area contributed by atoms with Crippen molar-refractivity contribution in [3.8, 4) is 0 Å². The molecule has 0 unspecified atom stereocenters. The lowest BCUT2D eigenvalue weighted by molar-refractivity contribution is -0.115. The van der Waals surface area contributed by atoms with Gasteiger partial charge in [-0.1, -0.05) is 0 Å². The predicted octanol–water partition coefficient (Wildman–Crippen LogP) is 1.87. The van der Waals surface area contributed by atoms with Gasteiger partial charge in [0.1, 0.15) is 5.57 Å². The second kappa shape index (κ2) is 1.93. The van der Waals surface area contributed by atoms with E-state index >= 15 is 0 Å². The first-order valence-electron chi connectivity index (χ1n) is 2.21. The molecule has 0 amide bonds. The van der Waals surface area contributed by atoms with Gasteiger partial charge in [-0.15, -0.1) is 0 Å². The van der Waals surface area contributed by atoms with Gasteiger partial charge in [0.25, 0.3) is 6.08 Å². The number of Topliss-reactive ketones (excluding diaryl/α,β-unsaturated/α-hetero) is 1.